The second-order valence-corrected chi connectivity index (χ2v) is 11.7. The lowest BCUT2D eigenvalue weighted by Gasteiger charge is -2.22. The Hall–Kier alpha value is -1.54. The van der Waals surface area contributed by atoms with Crippen LogP contribution in [-0.2, 0) is 12.4 Å². The Labute approximate surface area is 156 Å². The van der Waals surface area contributed by atoms with Crippen molar-refractivity contribution in [3.8, 4) is 0 Å². The first-order valence-electron chi connectivity index (χ1n) is 7.54. The van der Waals surface area contributed by atoms with Crippen LogP contribution in [0.4, 0.5) is 26.3 Å². The standard InChI is InChI=1S/C18H15BrF6Si/c1-26(2,8-7-12-3-5-15(19)6-4-12)16-10-13(17(20,21)22)9-14(11-16)18(23,24)25/h3-11H,1-2H3/b8-7+. The summed E-state index contributed by atoms with van der Waals surface area (Å²) in [6.45, 7) is 3.41. The third kappa shape index (κ3) is 5.23. The second kappa shape index (κ2) is 7.23. The van der Waals surface area contributed by atoms with E-state index in [2.05, 4.69) is 15.9 Å². The van der Waals surface area contributed by atoms with Gasteiger partial charge in [0, 0.05) is 4.47 Å². The summed E-state index contributed by atoms with van der Waals surface area (Å²) in [7, 11) is -2.69. The summed E-state index contributed by atoms with van der Waals surface area (Å²) < 4.78 is 79.1. The molecule has 0 saturated carbocycles. The molecule has 2 aromatic carbocycles. The molecule has 0 fully saturated rings. The van der Waals surface area contributed by atoms with Crippen molar-refractivity contribution in [2.75, 3.05) is 0 Å². The van der Waals surface area contributed by atoms with Gasteiger partial charge in [0.05, 0.1) is 11.1 Å². The third-order valence-corrected chi connectivity index (χ3v) is 7.20. The fourth-order valence-electron chi connectivity index (χ4n) is 2.30. The van der Waals surface area contributed by atoms with Crippen LogP contribution in [0.5, 0.6) is 0 Å². The zero-order chi connectivity index (χ0) is 19.8. The highest BCUT2D eigenvalue weighted by Gasteiger charge is 2.38. The molecule has 0 saturated heterocycles. The van der Waals surface area contributed by atoms with E-state index in [9.17, 15) is 26.3 Å². The lowest BCUT2D eigenvalue weighted by atomic mass is 10.1. The first-order chi connectivity index (χ1) is 11.8. The average molecular weight is 453 g/mol. The largest absolute Gasteiger partial charge is 0.416 e. The molecule has 0 bridgehead atoms. The molecule has 0 N–H and O–H groups in total. The van der Waals surface area contributed by atoms with Crippen LogP contribution in [0, 0.1) is 0 Å². The summed E-state index contributed by atoms with van der Waals surface area (Å²) >= 11 is 3.30. The summed E-state index contributed by atoms with van der Waals surface area (Å²) in [5.41, 5.74) is -0.0111. The van der Waals surface area contributed by atoms with E-state index in [0.29, 0.717) is 0 Å². The zero-order valence-corrected chi connectivity index (χ0v) is 16.4. The van der Waals surface area contributed by atoms with E-state index in [1.165, 1.54) is 0 Å². The molecule has 0 spiro atoms. The van der Waals surface area contributed by atoms with E-state index in [4.69, 9.17) is 0 Å². The number of rotatable bonds is 3. The molecule has 0 unspecified atom stereocenters. The zero-order valence-electron chi connectivity index (χ0n) is 13.8. The molecule has 26 heavy (non-hydrogen) atoms. The second-order valence-electron chi connectivity index (χ2n) is 6.40. The van der Waals surface area contributed by atoms with Crippen LogP contribution in [-0.4, -0.2) is 8.07 Å². The van der Waals surface area contributed by atoms with Crippen LogP contribution in [0.25, 0.3) is 6.08 Å². The predicted octanol–water partition coefficient (Wildman–Crippen LogP) is 6.65. The molecule has 0 nitrogen and oxygen atoms in total. The molecule has 0 aliphatic rings. The third-order valence-electron chi connectivity index (χ3n) is 3.89. The van der Waals surface area contributed by atoms with Crippen molar-refractivity contribution in [2.24, 2.45) is 0 Å². The minimum Gasteiger partial charge on any atom is -0.166 e. The fraction of sp³-hybridized carbons (Fsp3) is 0.222. The van der Waals surface area contributed by atoms with Gasteiger partial charge in [-0.2, -0.15) is 26.3 Å². The summed E-state index contributed by atoms with van der Waals surface area (Å²) in [6, 6.07) is 9.03. The molecule has 0 atom stereocenters. The van der Waals surface area contributed by atoms with Gasteiger partial charge in [0.1, 0.15) is 8.07 Å². The Kier molecular flexibility index (Phi) is 5.77. The van der Waals surface area contributed by atoms with Crippen molar-refractivity contribution in [1.29, 1.82) is 0 Å². The lowest BCUT2D eigenvalue weighted by molar-refractivity contribution is -0.142. The summed E-state index contributed by atoms with van der Waals surface area (Å²) in [5.74, 6) is 0. The quantitative estimate of drug-likeness (QED) is 0.361. The Bertz CT molecular complexity index is 772. The van der Waals surface area contributed by atoms with Gasteiger partial charge in [-0.05, 0) is 23.8 Å². The Morgan fingerprint density at radius 3 is 1.69 bits per heavy atom. The van der Waals surface area contributed by atoms with Gasteiger partial charge in [-0.15, -0.1) is 0 Å². The molecule has 0 amide bonds. The Morgan fingerprint density at radius 2 is 1.27 bits per heavy atom. The van der Waals surface area contributed by atoms with Gasteiger partial charge in [0.25, 0.3) is 0 Å². The van der Waals surface area contributed by atoms with Crippen molar-refractivity contribution in [3.63, 3.8) is 0 Å². The monoisotopic (exact) mass is 452 g/mol. The molecule has 140 valence electrons. The molecular formula is C18H15BrF6Si. The summed E-state index contributed by atoms with van der Waals surface area (Å²) in [5, 5.41) is 0.0769. The molecule has 0 aliphatic carbocycles. The molecular weight excluding hydrogens is 438 g/mol. The van der Waals surface area contributed by atoms with E-state index >= 15 is 0 Å². The van der Waals surface area contributed by atoms with Gasteiger partial charge in [-0.25, -0.2) is 0 Å². The molecule has 2 aromatic rings. The molecule has 0 radical (unpaired) electrons. The van der Waals surface area contributed by atoms with E-state index in [0.717, 1.165) is 22.2 Å². The summed E-state index contributed by atoms with van der Waals surface area (Å²) in [6.07, 6.45) is -7.95. The Balaban J connectivity index is 2.48. The maximum atomic E-state index is 13.0. The van der Waals surface area contributed by atoms with E-state index in [-0.39, 0.29) is 11.3 Å². The van der Waals surface area contributed by atoms with E-state index < -0.39 is 31.6 Å². The lowest BCUT2D eigenvalue weighted by Crippen LogP contribution is -2.40. The smallest absolute Gasteiger partial charge is 0.166 e. The van der Waals surface area contributed by atoms with Gasteiger partial charge >= 0.3 is 12.4 Å². The van der Waals surface area contributed by atoms with Gasteiger partial charge in [-0.3, -0.25) is 0 Å². The van der Waals surface area contributed by atoms with Gasteiger partial charge in [0.15, 0.2) is 0 Å². The van der Waals surface area contributed by atoms with Crippen LogP contribution in [0.1, 0.15) is 16.7 Å². The van der Waals surface area contributed by atoms with Crippen LogP contribution >= 0.6 is 15.9 Å². The van der Waals surface area contributed by atoms with Crippen molar-refractivity contribution in [2.45, 2.75) is 25.4 Å². The fourth-order valence-corrected chi connectivity index (χ4v) is 4.42. The number of benzene rings is 2. The SMILES string of the molecule is C[Si](C)(/C=C/c1ccc(Br)cc1)c1cc(C(F)(F)F)cc(C(F)(F)F)c1. The van der Waals surface area contributed by atoms with Gasteiger partial charge < -0.3 is 0 Å². The number of hydrogen-bond acceptors (Lipinski definition) is 0. The minimum atomic E-state index is -4.84. The first-order valence-corrected chi connectivity index (χ1v) is 11.4. The normalized spacial score (nSPS) is 13.4. The van der Waals surface area contributed by atoms with Gasteiger partial charge in [0.2, 0.25) is 0 Å². The molecule has 0 aliphatic heterocycles. The number of halogens is 7. The van der Waals surface area contributed by atoms with Crippen LogP contribution in [0.3, 0.4) is 0 Å². The number of hydrogen-bond donors (Lipinski definition) is 0. The maximum absolute atomic E-state index is 13.0. The maximum Gasteiger partial charge on any atom is 0.416 e. The molecule has 8 heteroatoms. The Morgan fingerprint density at radius 1 is 0.808 bits per heavy atom. The van der Waals surface area contributed by atoms with Crippen LogP contribution in [0.2, 0.25) is 13.1 Å². The van der Waals surface area contributed by atoms with E-state index in [1.807, 2.05) is 0 Å². The topological polar surface area (TPSA) is 0 Å². The van der Waals surface area contributed by atoms with Crippen molar-refractivity contribution >= 4 is 35.3 Å². The highest BCUT2D eigenvalue weighted by Crippen LogP contribution is 2.35. The minimum absolute atomic E-state index is 0.0769. The van der Waals surface area contributed by atoms with Crippen LogP contribution < -0.4 is 5.19 Å². The highest BCUT2D eigenvalue weighted by molar-refractivity contribution is 9.10. The highest BCUT2D eigenvalue weighted by atomic mass is 79.9. The average Bonchev–Trinajstić information content (AvgIpc) is 2.52. The molecule has 2 rings (SSSR count). The summed E-state index contributed by atoms with van der Waals surface area (Å²) in [4.78, 5) is 0. The van der Waals surface area contributed by atoms with E-state index in [1.54, 1.807) is 49.1 Å². The first kappa shape index (κ1) is 20.8. The van der Waals surface area contributed by atoms with Crippen LogP contribution in [0.15, 0.2) is 52.6 Å². The van der Waals surface area contributed by atoms with Crippen molar-refractivity contribution < 1.29 is 26.3 Å². The molecule has 0 heterocycles. The van der Waals surface area contributed by atoms with Crippen molar-refractivity contribution in [3.05, 3.63) is 69.3 Å². The van der Waals surface area contributed by atoms with Crippen molar-refractivity contribution in [1.82, 2.24) is 0 Å². The van der Waals surface area contributed by atoms with Gasteiger partial charge in [-0.1, -0.05) is 70.3 Å². The predicted molar refractivity (Wildman–Crippen MR) is 96.7 cm³/mol. The number of alkyl halides is 6. The molecule has 0 aromatic heterocycles.